The highest BCUT2D eigenvalue weighted by atomic mass is 35.5. The van der Waals surface area contributed by atoms with Crippen molar-refractivity contribution in [1.29, 1.82) is 0 Å². The largest absolute Gasteiger partial charge is 0.490 e. The van der Waals surface area contributed by atoms with Crippen molar-refractivity contribution in [3.63, 3.8) is 0 Å². The van der Waals surface area contributed by atoms with E-state index in [1.165, 1.54) is 12.1 Å². The molecule has 1 aromatic heterocycles. The van der Waals surface area contributed by atoms with E-state index in [0.29, 0.717) is 17.5 Å². The van der Waals surface area contributed by atoms with E-state index in [1.807, 2.05) is 6.07 Å². The van der Waals surface area contributed by atoms with Crippen molar-refractivity contribution in [2.75, 3.05) is 6.61 Å². The average Bonchev–Trinajstić information content (AvgIpc) is 2.77. The van der Waals surface area contributed by atoms with Crippen LogP contribution in [0.1, 0.15) is 25.8 Å². The Hall–Kier alpha value is -1.61. The van der Waals surface area contributed by atoms with Crippen LogP contribution in [0.2, 0.25) is 5.15 Å². The van der Waals surface area contributed by atoms with Gasteiger partial charge in [-0.2, -0.15) is 0 Å². The molecule has 4 heteroatoms. The van der Waals surface area contributed by atoms with E-state index in [1.54, 1.807) is 12.1 Å². The Morgan fingerprint density at radius 2 is 2.05 bits per heavy atom. The van der Waals surface area contributed by atoms with Crippen LogP contribution in [0.25, 0.3) is 11.3 Å². The first-order valence-corrected chi connectivity index (χ1v) is 7.01. The number of rotatable bonds is 2. The van der Waals surface area contributed by atoms with Crippen LogP contribution in [0.5, 0.6) is 5.75 Å². The molecule has 0 spiro atoms. The van der Waals surface area contributed by atoms with Gasteiger partial charge in [0, 0.05) is 16.5 Å². The van der Waals surface area contributed by atoms with E-state index in [4.69, 9.17) is 16.3 Å². The van der Waals surface area contributed by atoms with Crippen LogP contribution in [-0.4, -0.2) is 11.6 Å². The number of halogens is 2. The average molecular weight is 292 g/mol. The Kier molecular flexibility index (Phi) is 3.17. The fourth-order valence-electron chi connectivity index (χ4n) is 2.50. The molecular formula is C16H15ClFNO. The summed E-state index contributed by atoms with van der Waals surface area (Å²) < 4.78 is 18.9. The van der Waals surface area contributed by atoms with Crippen LogP contribution >= 0.6 is 11.6 Å². The van der Waals surface area contributed by atoms with E-state index in [9.17, 15) is 4.39 Å². The van der Waals surface area contributed by atoms with Gasteiger partial charge in [0.15, 0.2) is 0 Å². The molecule has 104 valence electrons. The maximum Gasteiger partial charge on any atom is 0.149 e. The Balaban J connectivity index is 2.19. The van der Waals surface area contributed by atoms with Crippen molar-refractivity contribution in [1.82, 2.24) is 4.98 Å². The lowest BCUT2D eigenvalue weighted by atomic mass is 9.82. The second kappa shape index (κ2) is 4.74. The molecule has 0 fully saturated rings. The van der Waals surface area contributed by atoms with Gasteiger partial charge >= 0.3 is 0 Å². The zero-order valence-corrected chi connectivity index (χ0v) is 12.2. The Morgan fingerprint density at radius 3 is 2.70 bits per heavy atom. The van der Waals surface area contributed by atoms with Crippen molar-refractivity contribution in [2.45, 2.75) is 25.7 Å². The Morgan fingerprint density at radius 1 is 1.35 bits per heavy atom. The lowest BCUT2D eigenvalue weighted by molar-refractivity contribution is 0.273. The first-order valence-electron chi connectivity index (χ1n) is 6.63. The third-order valence-corrected chi connectivity index (χ3v) is 4.22. The first kappa shape index (κ1) is 13.4. The summed E-state index contributed by atoms with van der Waals surface area (Å²) in [6, 6.07) is 8.09. The molecule has 1 aromatic carbocycles. The molecule has 20 heavy (non-hydrogen) atoms. The van der Waals surface area contributed by atoms with Gasteiger partial charge in [-0.25, -0.2) is 9.37 Å². The minimum atomic E-state index is -0.272. The molecule has 1 aliphatic heterocycles. The zero-order chi connectivity index (χ0) is 14.3. The molecular weight excluding hydrogens is 277 g/mol. The Labute approximate surface area is 122 Å². The van der Waals surface area contributed by atoms with E-state index in [2.05, 4.69) is 18.8 Å². The monoisotopic (exact) mass is 291 g/mol. The molecule has 0 saturated heterocycles. The highest BCUT2D eigenvalue weighted by Crippen LogP contribution is 2.46. The molecule has 2 nitrogen and oxygen atoms in total. The maximum absolute atomic E-state index is 13.1. The molecule has 0 aliphatic carbocycles. The van der Waals surface area contributed by atoms with Crippen molar-refractivity contribution in [3.05, 3.63) is 46.9 Å². The van der Waals surface area contributed by atoms with Gasteiger partial charge in [0.05, 0.1) is 6.61 Å². The summed E-state index contributed by atoms with van der Waals surface area (Å²) in [6.45, 7) is 4.91. The number of nitrogens with zero attached hydrogens (tertiary/aromatic N) is 1. The zero-order valence-electron chi connectivity index (χ0n) is 11.4. The SMILES string of the molecule is CCC1(C)COc2c1cc(Cl)nc2-c1ccc(F)cc1. The first-order chi connectivity index (χ1) is 9.53. The lowest BCUT2D eigenvalue weighted by Crippen LogP contribution is -2.22. The lowest BCUT2D eigenvalue weighted by Gasteiger charge is -2.20. The normalized spacial score (nSPS) is 20.6. The van der Waals surface area contributed by atoms with Crippen molar-refractivity contribution >= 4 is 11.6 Å². The van der Waals surface area contributed by atoms with Crippen LogP contribution in [0.4, 0.5) is 4.39 Å². The van der Waals surface area contributed by atoms with Crippen molar-refractivity contribution in [2.24, 2.45) is 0 Å². The van der Waals surface area contributed by atoms with E-state index in [-0.39, 0.29) is 11.2 Å². The number of benzene rings is 1. The molecule has 1 unspecified atom stereocenters. The van der Waals surface area contributed by atoms with Crippen LogP contribution in [0.15, 0.2) is 30.3 Å². The van der Waals surface area contributed by atoms with Gasteiger partial charge in [-0.1, -0.05) is 25.4 Å². The van der Waals surface area contributed by atoms with Gasteiger partial charge in [-0.3, -0.25) is 0 Å². The molecule has 2 aromatic rings. The molecule has 1 atom stereocenters. The fourth-order valence-corrected chi connectivity index (χ4v) is 2.70. The van der Waals surface area contributed by atoms with Crippen LogP contribution in [-0.2, 0) is 5.41 Å². The minimum Gasteiger partial charge on any atom is -0.490 e. The van der Waals surface area contributed by atoms with E-state index in [0.717, 1.165) is 23.3 Å². The standard InChI is InChI=1S/C16H15ClFNO/c1-3-16(2)9-20-15-12(16)8-13(17)19-14(15)10-4-6-11(18)7-5-10/h4-8H,3,9H2,1-2H3. The van der Waals surface area contributed by atoms with Crippen molar-refractivity contribution in [3.8, 4) is 17.0 Å². The van der Waals surface area contributed by atoms with E-state index < -0.39 is 0 Å². The summed E-state index contributed by atoms with van der Waals surface area (Å²) in [7, 11) is 0. The molecule has 0 radical (unpaired) electrons. The number of fused-ring (bicyclic) bond motifs is 1. The predicted molar refractivity (Wildman–Crippen MR) is 77.8 cm³/mol. The molecule has 0 saturated carbocycles. The smallest absolute Gasteiger partial charge is 0.149 e. The third-order valence-electron chi connectivity index (χ3n) is 4.03. The minimum absolute atomic E-state index is 0.0449. The van der Waals surface area contributed by atoms with E-state index >= 15 is 0 Å². The molecule has 3 rings (SSSR count). The summed E-state index contributed by atoms with van der Waals surface area (Å²) in [5, 5.41) is 0.438. The summed E-state index contributed by atoms with van der Waals surface area (Å²) in [6.07, 6.45) is 0.962. The van der Waals surface area contributed by atoms with Crippen LogP contribution < -0.4 is 4.74 Å². The Bertz CT molecular complexity index is 656. The maximum atomic E-state index is 13.1. The second-order valence-electron chi connectivity index (χ2n) is 5.38. The highest BCUT2D eigenvalue weighted by molar-refractivity contribution is 6.29. The van der Waals surface area contributed by atoms with Gasteiger partial charge in [-0.05, 0) is 36.8 Å². The molecule has 0 bridgehead atoms. The second-order valence-corrected chi connectivity index (χ2v) is 5.77. The number of pyridine rings is 1. The van der Waals surface area contributed by atoms with Crippen LogP contribution in [0.3, 0.4) is 0 Å². The highest BCUT2D eigenvalue weighted by Gasteiger charge is 2.37. The molecule has 0 amide bonds. The summed E-state index contributed by atoms with van der Waals surface area (Å²) in [5.41, 5.74) is 2.53. The number of hydrogen-bond donors (Lipinski definition) is 0. The van der Waals surface area contributed by atoms with Gasteiger partial charge in [0.1, 0.15) is 22.4 Å². The fraction of sp³-hybridized carbons (Fsp3) is 0.312. The number of ether oxygens (including phenoxy) is 1. The molecule has 1 aliphatic rings. The van der Waals surface area contributed by atoms with Gasteiger partial charge in [0.25, 0.3) is 0 Å². The van der Waals surface area contributed by atoms with Gasteiger partial charge in [-0.15, -0.1) is 0 Å². The summed E-state index contributed by atoms with van der Waals surface area (Å²) >= 11 is 6.15. The number of hydrogen-bond acceptors (Lipinski definition) is 2. The third kappa shape index (κ3) is 2.06. The summed E-state index contributed by atoms with van der Waals surface area (Å²) in [5.74, 6) is 0.497. The topological polar surface area (TPSA) is 22.1 Å². The quantitative estimate of drug-likeness (QED) is 0.754. The van der Waals surface area contributed by atoms with Gasteiger partial charge in [0.2, 0.25) is 0 Å². The molecule has 2 heterocycles. The number of aromatic nitrogens is 1. The van der Waals surface area contributed by atoms with Crippen molar-refractivity contribution < 1.29 is 9.13 Å². The van der Waals surface area contributed by atoms with Crippen LogP contribution in [0, 0.1) is 5.82 Å². The predicted octanol–water partition coefficient (Wildman–Crippen LogP) is 4.60. The van der Waals surface area contributed by atoms with Gasteiger partial charge < -0.3 is 4.74 Å². The molecule has 0 N–H and O–H groups in total. The summed E-state index contributed by atoms with van der Waals surface area (Å²) in [4.78, 5) is 4.36.